The summed E-state index contributed by atoms with van der Waals surface area (Å²) in [5.74, 6) is 1.39. The van der Waals surface area contributed by atoms with Crippen molar-refractivity contribution < 1.29 is 19.4 Å². The molecule has 2 fully saturated rings. The van der Waals surface area contributed by atoms with Gasteiger partial charge in [0.1, 0.15) is 12.4 Å². The molecule has 2 aliphatic rings. The van der Waals surface area contributed by atoms with E-state index in [1.54, 1.807) is 18.2 Å². The van der Waals surface area contributed by atoms with Crippen LogP contribution in [0.25, 0.3) is 16.6 Å². The highest BCUT2D eigenvalue weighted by Crippen LogP contribution is 2.38. The Hall–Kier alpha value is -3.24. The highest BCUT2D eigenvalue weighted by atomic mass is 16.6. The van der Waals surface area contributed by atoms with Gasteiger partial charge < -0.3 is 19.9 Å². The Labute approximate surface area is 197 Å². The van der Waals surface area contributed by atoms with Crippen LogP contribution in [-0.4, -0.2) is 69.8 Å². The number of fused-ring (bicyclic) bond motifs is 1. The summed E-state index contributed by atoms with van der Waals surface area (Å²) in [5, 5.41) is 18.1. The van der Waals surface area contributed by atoms with Crippen LogP contribution in [0.5, 0.6) is 0 Å². The van der Waals surface area contributed by atoms with E-state index in [0.29, 0.717) is 37.4 Å². The second kappa shape index (κ2) is 9.55. The predicted molar refractivity (Wildman–Crippen MR) is 127 cm³/mol. The standard InChI is InChI=1S/C24H30N6O4/c1-15(14-33-2)27-23-26-13-21-19(12-20(30(21)28-23)16-3-5-18(31)6-4-16)17-7-8-25-22(11-17)29-9-10-34-24(29)32/h7-8,11-13,15-16,18,31H,3-6,9-10,14H2,1-2H3,(H,27,28)/t15-,16?,18?/m0/s1. The first-order valence-electron chi connectivity index (χ1n) is 11.8. The van der Waals surface area contributed by atoms with Crippen molar-refractivity contribution in [2.75, 3.05) is 37.1 Å². The lowest BCUT2D eigenvalue weighted by atomic mass is 9.85. The summed E-state index contributed by atoms with van der Waals surface area (Å²) in [4.78, 5) is 22.5. The van der Waals surface area contributed by atoms with Crippen LogP contribution in [0.1, 0.15) is 44.2 Å². The van der Waals surface area contributed by atoms with Crippen molar-refractivity contribution in [2.45, 2.75) is 50.7 Å². The van der Waals surface area contributed by atoms with Gasteiger partial charge in [-0.25, -0.2) is 19.3 Å². The SMILES string of the molecule is COC[C@H](C)Nc1ncc2c(-c3ccnc(N4CCOC4=O)c3)cc(C3CCC(O)CC3)n2n1. The van der Waals surface area contributed by atoms with Crippen molar-refractivity contribution >= 4 is 23.4 Å². The number of methoxy groups -OCH3 is 1. The molecule has 180 valence electrons. The van der Waals surface area contributed by atoms with Crippen LogP contribution in [-0.2, 0) is 9.47 Å². The number of rotatable bonds is 7. The summed E-state index contributed by atoms with van der Waals surface area (Å²) in [6.45, 7) is 3.41. The number of hydrogen-bond acceptors (Lipinski definition) is 8. The molecule has 1 aliphatic carbocycles. The first-order valence-corrected chi connectivity index (χ1v) is 11.8. The number of aliphatic hydroxyl groups is 1. The zero-order valence-corrected chi connectivity index (χ0v) is 19.5. The molecule has 10 nitrogen and oxygen atoms in total. The van der Waals surface area contributed by atoms with Crippen molar-refractivity contribution in [3.8, 4) is 11.1 Å². The fourth-order valence-electron chi connectivity index (χ4n) is 4.82. The minimum atomic E-state index is -0.378. The van der Waals surface area contributed by atoms with Gasteiger partial charge in [-0.3, -0.25) is 4.90 Å². The maximum absolute atomic E-state index is 12.0. The van der Waals surface area contributed by atoms with E-state index in [1.165, 1.54) is 0 Å². The van der Waals surface area contributed by atoms with Gasteiger partial charge in [0, 0.05) is 36.5 Å². The molecule has 0 spiro atoms. The van der Waals surface area contributed by atoms with Crippen LogP contribution >= 0.6 is 0 Å². The van der Waals surface area contributed by atoms with Crippen molar-refractivity contribution in [3.05, 3.63) is 36.3 Å². The number of anilines is 2. The number of hydrogen-bond donors (Lipinski definition) is 2. The van der Waals surface area contributed by atoms with Crippen LogP contribution in [0, 0.1) is 0 Å². The Morgan fingerprint density at radius 1 is 1.26 bits per heavy atom. The Morgan fingerprint density at radius 2 is 2.09 bits per heavy atom. The monoisotopic (exact) mass is 466 g/mol. The molecular weight excluding hydrogens is 436 g/mol. The number of carbonyl (C=O) groups is 1. The van der Waals surface area contributed by atoms with Gasteiger partial charge in [-0.05, 0) is 56.4 Å². The Balaban J connectivity index is 1.56. The van der Waals surface area contributed by atoms with E-state index in [9.17, 15) is 9.90 Å². The number of aliphatic hydroxyl groups excluding tert-OH is 1. The molecule has 0 bridgehead atoms. The predicted octanol–water partition coefficient (Wildman–Crippen LogP) is 3.21. The van der Waals surface area contributed by atoms with Crippen LogP contribution in [0.4, 0.5) is 16.6 Å². The van der Waals surface area contributed by atoms with Gasteiger partial charge in [0.25, 0.3) is 0 Å². The number of aromatic nitrogens is 4. The largest absolute Gasteiger partial charge is 0.447 e. The molecule has 5 rings (SSSR count). The Kier molecular flexibility index (Phi) is 6.34. The number of cyclic esters (lactones) is 1. The maximum atomic E-state index is 12.0. The fourth-order valence-corrected chi connectivity index (χ4v) is 4.82. The summed E-state index contributed by atoms with van der Waals surface area (Å²) in [6.07, 6.45) is 6.30. The zero-order chi connectivity index (χ0) is 23.7. The van der Waals surface area contributed by atoms with Gasteiger partial charge in [0.15, 0.2) is 0 Å². The number of pyridine rings is 1. The third-order valence-electron chi connectivity index (χ3n) is 6.55. The molecule has 1 amide bonds. The molecule has 0 radical (unpaired) electrons. The summed E-state index contributed by atoms with van der Waals surface area (Å²) in [5.41, 5.74) is 3.89. The summed E-state index contributed by atoms with van der Waals surface area (Å²) in [7, 11) is 1.67. The molecule has 3 aromatic heterocycles. The molecule has 1 aliphatic heterocycles. The normalized spacial score (nSPS) is 21.6. The summed E-state index contributed by atoms with van der Waals surface area (Å²) in [6, 6.07) is 6.06. The molecule has 1 saturated heterocycles. The molecule has 10 heteroatoms. The highest BCUT2D eigenvalue weighted by molar-refractivity contribution is 5.90. The zero-order valence-electron chi connectivity index (χ0n) is 19.5. The number of amides is 1. The summed E-state index contributed by atoms with van der Waals surface area (Å²) < 4.78 is 12.3. The molecule has 1 atom stereocenters. The number of nitrogens with zero attached hydrogens (tertiary/aromatic N) is 5. The van der Waals surface area contributed by atoms with Gasteiger partial charge in [-0.15, -0.1) is 5.10 Å². The second-order valence-electron chi connectivity index (χ2n) is 9.04. The van der Waals surface area contributed by atoms with Gasteiger partial charge in [-0.2, -0.15) is 0 Å². The van der Waals surface area contributed by atoms with E-state index in [-0.39, 0.29) is 18.2 Å². The molecule has 2 N–H and O–H groups in total. The van der Waals surface area contributed by atoms with Crippen molar-refractivity contribution in [2.24, 2.45) is 0 Å². The average Bonchev–Trinajstić information content (AvgIpc) is 3.43. The van der Waals surface area contributed by atoms with E-state index in [2.05, 4.69) is 21.4 Å². The van der Waals surface area contributed by atoms with Gasteiger partial charge >= 0.3 is 6.09 Å². The van der Waals surface area contributed by atoms with Crippen molar-refractivity contribution in [1.82, 2.24) is 19.6 Å². The molecule has 4 heterocycles. The number of ether oxygens (including phenoxy) is 2. The Morgan fingerprint density at radius 3 is 2.82 bits per heavy atom. The lowest BCUT2D eigenvalue weighted by Gasteiger charge is -2.25. The maximum Gasteiger partial charge on any atom is 0.415 e. The van der Waals surface area contributed by atoms with Gasteiger partial charge in [0.05, 0.1) is 31.0 Å². The first kappa shape index (κ1) is 22.5. The molecule has 34 heavy (non-hydrogen) atoms. The second-order valence-corrected chi connectivity index (χ2v) is 9.04. The smallest absolute Gasteiger partial charge is 0.415 e. The van der Waals surface area contributed by atoms with Crippen LogP contribution in [0.2, 0.25) is 0 Å². The molecule has 0 unspecified atom stereocenters. The lowest BCUT2D eigenvalue weighted by molar-refractivity contribution is 0.121. The highest BCUT2D eigenvalue weighted by Gasteiger charge is 2.27. The van der Waals surface area contributed by atoms with E-state index >= 15 is 0 Å². The molecule has 3 aromatic rings. The summed E-state index contributed by atoms with van der Waals surface area (Å²) >= 11 is 0. The van der Waals surface area contributed by atoms with Crippen LogP contribution in [0.3, 0.4) is 0 Å². The third kappa shape index (κ3) is 4.43. The average molecular weight is 467 g/mol. The van der Waals surface area contributed by atoms with Crippen LogP contribution in [0.15, 0.2) is 30.6 Å². The van der Waals surface area contributed by atoms with Gasteiger partial charge in [-0.1, -0.05) is 0 Å². The van der Waals surface area contributed by atoms with Crippen LogP contribution < -0.4 is 10.2 Å². The first-order chi connectivity index (χ1) is 16.5. The van der Waals surface area contributed by atoms with E-state index in [0.717, 1.165) is 48.0 Å². The van der Waals surface area contributed by atoms with Crippen molar-refractivity contribution in [1.29, 1.82) is 0 Å². The fraction of sp³-hybridized carbons (Fsp3) is 0.500. The minimum Gasteiger partial charge on any atom is -0.447 e. The quantitative estimate of drug-likeness (QED) is 0.546. The molecule has 1 saturated carbocycles. The van der Waals surface area contributed by atoms with Crippen molar-refractivity contribution in [3.63, 3.8) is 0 Å². The molecular formula is C24H30N6O4. The molecule has 0 aromatic carbocycles. The van der Waals surface area contributed by atoms with E-state index in [1.807, 2.05) is 29.8 Å². The van der Waals surface area contributed by atoms with Gasteiger partial charge in [0.2, 0.25) is 5.95 Å². The Bertz CT molecular complexity index is 1170. The van der Waals surface area contributed by atoms with E-state index in [4.69, 9.17) is 14.6 Å². The number of nitrogens with one attached hydrogen (secondary N) is 1. The lowest BCUT2D eigenvalue weighted by Crippen LogP contribution is -2.24. The minimum absolute atomic E-state index is 0.0636. The number of carbonyl (C=O) groups excluding carboxylic acids is 1. The van der Waals surface area contributed by atoms with E-state index < -0.39 is 0 Å². The third-order valence-corrected chi connectivity index (χ3v) is 6.55. The topological polar surface area (TPSA) is 114 Å².